The predicted octanol–water partition coefficient (Wildman–Crippen LogP) is 1.53. The zero-order valence-electron chi connectivity index (χ0n) is 11.5. The molecule has 2 heterocycles. The lowest BCUT2D eigenvalue weighted by molar-refractivity contribution is -0.140. The third-order valence-electron chi connectivity index (χ3n) is 4.54. The van der Waals surface area contributed by atoms with E-state index in [-0.39, 0.29) is 5.54 Å². The van der Waals surface area contributed by atoms with Gasteiger partial charge in [0.2, 0.25) is 5.91 Å². The number of piperidine rings is 1. The van der Waals surface area contributed by atoms with Gasteiger partial charge in [-0.05, 0) is 44.9 Å². The van der Waals surface area contributed by atoms with Crippen molar-refractivity contribution in [2.24, 2.45) is 11.7 Å². The molecule has 18 heavy (non-hydrogen) atoms. The molecule has 4 nitrogen and oxygen atoms in total. The van der Waals surface area contributed by atoms with Gasteiger partial charge in [0, 0.05) is 32.7 Å². The molecule has 4 heteroatoms. The van der Waals surface area contributed by atoms with Crippen LogP contribution in [0.2, 0.25) is 0 Å². The first kappa shape index (κ1) is 13.8. The number of rotatable bonds is 3. The fourth-order valence-corrected chi connectivity index (χ4v) is 3.13. The van der Waals surface area contributed by atoms with Gasteiger partial charge in [-0.15, -0.1) is 0 Å². The summed E-state index contributed by atoms with van der Waals surface area (Å²) >= 11 is 0. The number of hydrogen-bond donors (Lipinski definition) is 1. The minimum absolute atomic E-state index is 0.111. The van der Waals surface area contributed by atoms with Crippen LogP contribution in [-0.2, 0) is 9.53 Å². The van der Waals surface area contributed by atoms with Crippen molar-refractivity contribution >= 4 is 5.91 Å². The number of nitrogens with two attached hydrogens (primary N) is 1. The molecular weight excluding hydrogens is 228 g/mol. The van der Waals surface area contributed by atoms with Crippen molar-refractivity contribution in [3.05, 3.63) is 0 Å². The van der Waals surface area contributed by atoms with Crippen LogP contribution in [0.25, 0.3) is 0 Å². The zero-order chi connectivity index (χ0) is 13.0. The molecule has 0 spiro atoms. The van der Waals surface area contributed by atoms with Crippen LogP contribution in [0, 0.1) is 5.92 Å². The van der Waals surface area contributed by atoms with Crippen molar-refractivity contribution < 1.29 is 9.53 Å². The van der Waals surface area contributed by atoms with E-state index < -0.39 is 0 Å². The molecule has 1 unspecified atom stereocenters. The standard InChI is InChI=1S/C14H26N2O2/c1-14(11-15)6-2-3-7-16(14)13(17)10-12-4-8-18-9-5-12/h12H,2-11,15H2,1H3. The molecule has 2 aliphatic heterocycles. The second kappa shape index (κ2) is 6.02. The van der Waals surface area contributed by atoms with Crippen LogP contribution in [0.5, 0.6) is 0 Å². The Kier molecular flexibility index (Phi) is 4.62. The number of hydrogen-bond acceptors (Lipinski definition) is 3. The van der Waals surface area contributed by atoms with E-state index in [1.807, 2.05) is 4.90 Å². The van der Waals surface area contributed by atoms with Gasteiger partial charge in [0.15, 0.2) is 0 Å². The molecule has 0 radical (unpaired) electrons. The SMILES string of the molecule is CC1(CN)CCCCN1C(=O)CC1CCOCC1. The summed E-state index contributed by atoms with van der Waals surface area (Å²) in [6.07, 6.45) is 6.09. The monoisotopic (exact) mass is 254 g/mol. The number of carbonyl (C=O) groups is 1. The van der Waals surface area contributed by atoms with E-state index in [1.165, 1.54) is 6.42 Å². The summed E-state index contributed by atoms with van der Waals surface area (Å²) < 4.78 is 5.34. The third-order valence-corrected chi connectivity index (χ3v) is 4.54. The number of carbonyl (C=O) groups excluding carboxylic acids is 1. The Morgan fingerprint density at radius 3 is 2.78 bits per heavy atom. The molecule has 0 aromatic heterocycles. The van der Waals surface area contributed by atoms with Gasteiger partial charge in [-0.3, -0.25) is 4.79 Å². The average molecular weight is 254 g/mol. The normalized spacial score (nSPS) is 30.4. The van der Waals surface area contributed by atoms with Crippen molar-refractivity contribution in [3.63, 3.8) is 0 Å². The fourth-order valence-electron chi connectivity index (χ4n) is 3.13. The zero-order valence-corrected chi connectivity index (χ0v) is 11.5. The molecule has 1 atom stereocenters. The molecule has 104 valence electrons. The summed E-state index contributed by atoms with van der Waals surface area (Å²) in [5, 5.41) is 0. The summed E-state index contributed by atoms with van der Waals surface area (Å²) in [5.41, 5.74) is 5.77. The van der Waals surface area contributed by atoms with Crippen LogP contribution in [0.3, 0.4) is 0 Å². The van der Waals surface area contributed by atoms with Gasteiger partial charge in [0.05, 0.1) is 5.54 Å². The third kappa shape index (κ3) is 3.04. The van der Waals surface area contributed by atoms with Crippen molar-refractivity contribution in [1.82, 2.24) is 4.90 Å². The molecule has 2 rings (SSSR count). The van der Waals surface area contributed by atoms with E-state index in [9.17, 15) is 4.79 Å². The quantitative estimate of drug-likeness (QED) is 0.831. The number of nitrogens with zero attached hydrogens (tertiary/aromatic N) is 1. The summed E-state index contributed by atoms with van der Waals surface area (Å²) in [5.74, 6) is 0.810. The maximum Gasteiger partial charge on any atom is 0.223 e. The largest absolute Gasteiger partial charge is 0.381 e. The van der Waals surface area contributed by atoms with Crippen molar-refractivity contribution in [2.75, 3.05) is 26.3 Å². The molecule has 0 aromatic carbocycles. The Bertz CT molecular complexity index is 290. The van der Waals surface area contributed by atoms with E-state index in [0.717, 1.165) is 45.4 Å². The topological polar surface area (TPSA) is 55.6 Å². The highest BCUT2D eigenvalue weighted by atomic mass is 16.5. The molecule has 0 saturated carbocycles. The second-order valence-corrected chi connectivity index (χ2v) is 5.96. The van der Waals surface area contributed by atoms with Crippen LogP contribution >= 0.6 is 0 Å². The predicted molar refractivity (Wildman–Crippen MR) is 71.2 cm³/mol. The average Bonchev–Trinajstić information content (AvgIpc) is 2.40. The summed E-state index contributed by atoms with van der Waals surface area (Å²) in [6.45, 7) is 5.22. The van der Waals surface area contributed by atoms with E-state index in [1.54, 1.807) is 0 Å². The Morgan fingerprint density at radius 1 is 1.39 bits per heavy atom. The number of likely N-dealkylation sites (tertiary alicyclic amines) is 1. The Morgan fingerprint density at radius 2 is 2.11 bits per heavy atom. The maximum absolute atomic E-state index is 12.5. The van der Waals surface area contributed by atoms with Crippen LogP contribution in [0.15, 0.2) is 0 Å². The summed E-state index contributed by atoms with van der Waals surface area (Å²) in [4.78, 5) is 14.5. The molecule has 1 amide bonds. The van der Waals surface area contributed by atoms with E-state index in [2.05, 4.69) is 6.92 Å². The van der Waals surface area contributed by atoms with Crippen molar-refractivity contribution in [1.29, 1.82) is 0 Å². The Balaban J connectivity index is 1.93. The van der Waals surface area contributed by atoms with Crippen LogP contribution < -0.4 is 5.73 Å². The minimum atomic E-state index is -0.111. The van der Waals surface area contributed by atoms with Crippen LogP contribution in [0.1, 0.15) is 45.4 Å². The smallest absolute Gasteiger partial charge is 0.223 e. The molecule has 0 aliphatic carbocycles. The number of amides is 1. The maximum atomic E-state index is 12.5. The first-order chi connectivity index (χ1) is 8.65. The lowest BCUT2D eigenvalue weighted by Gasteiger charge is -2.45. The molecule has 0 aromatic rings. The lowest BCUT2D eigenvalue weighted by atomic mass is 9.87. The van der Waals surface area contributed by atoms with Gasteiger partial charge in [0.1, 0.15) is 0 Å². The highest BCUT2D eigenvalue weighted by Gasteiger charge is 2.36. The summed E-state index contributed by atoms with van der Waals surface area (Å²) in [7, 11) is 0. The van der Waals surface area contributed by atoms with E-state index in [4.69, 9.17) is 10.5 Å². The molecular formula is C14H26N2O2. The van der Waals surface area contributed by atoms with Gasteiger partial charge < -0.3 is 15.4 Å². The molecule has 2 saturated heterocycles. The van der Waals surface area contributed by atoms with Gasteiger partial charge in [-0.2, -0.15) is 0 Å². The van der Waals surface area contributed by atoms with Gasteiger partial charge >= 0.3 is 0 Å². The molecule has 2 N–H and O–H groups in total. The highest BCUT2D eigenvalue weighted by molar-refractivity contribution is 5.77. The molecule has 2 aliphatic rings. The van der Waals surface area contributed by atoms with Crippen molar-refractivity contribution in [3.8, 4) is 0 Å². The Labute approximate surface area is 110 Å². The van der Waals surface area contributed by atoms with Gasteiger partial charge in [-0.1, -0.05) is 0 Å². The lowest BCUT2D eigenvalue weighted by Crippen LogP contribution is -2.57. The molecule has 0 bridgehead atoms. The van der Waals surface area contributed by atoms with Crippen LogP contribution in [0.4, 0.5) is 0 Å². The number of ether oxygens (including phenoxy) is 1. The molecule has 2 fully saturated rings. The minimum Gasteiger partial charge on any atom is -0.381 e. The van der Waals surface area contributed by atoms with E-state index in [0.29, 0.717) is 24.8 Å². The van der Waals surface area contributed by atoms with E-state index >= 15 is 0 Å². The Hall–Kier alpha value is -0.610. The van der Waals surface area contributed by atoms with Gasteiger partial charge in [-0.25, -0.2) is 0 Å². The van der Waals surface area contributed by atoms with Gasteiger partial charge in [0.25, 0.3) is 0 Å². The first-order valence-corrected chi connectivity index (χ1v) is 7.24. The fraction of sp³-hybridized carbons (Fsp3) is 0.929. The van der Waals surface area contributed by atoms with Crippen LogP contribution in [-0.4, -0.2) is 42.6 Å². The highest BCUT2D eigenvalue weighted by Crippen LogP contribution is 2.29. The summed E-state index contributed by atoms with van der Waals surface area (Å²) in [6, 6.07) is 0. The second-order valence-electron chi connectivity index (χ2n) is 5.96. The first-order valence-electron chi connectivity index (χ1n) is 7.24. The van der Waals surface area contributed by atoms with Crippen molar-refractivity contribution in [2.45, 2.75) is 51.0 Å².